The van der Waals surface area contributed by atoms with Gasteiger partial charge in [0.25, 0.3) is 0 Å². The van der Waals surface area contributed by atoms with Gasteiger partial charge in [0.05, 0.1) is 6.54 Å². The van der Waals surface area contributed by atoms with Gasteiger partial charge in [-0.05, 0) is 29.7 Å². The summed E-state index contributed by atoms with van der Waals surface area (Å²) in [5.74, 6) is 0.735. The predicted octanol–water partition coefficient (Wildman–Crippen LogP) is 2.04. The van der Waals surface area contributed by atoms with Crippen LogP contribution in [0.5, 0.6) is 5.75 Å². The molecule has 20 heavy (non-hydrogen) atoms. The summed E-state index contributed by atoms with van der Waals surface area (Å²) >= 11 is 0. The maximum absolute atomic E-state index is 9.19. The molecule has 2 rings (SSSR count). The Labute approximate surface area is 119 Å². The highest BCUT2D eigenvalue weighted by molar-refractivity contribution is 5.77. The van der Waals surface area contributed by atoms with E-state index in [0.717, 1.165) is 24.1 Å². The minimum atomic E-state index is 0.283. The third kappa shape index (κ3) is 4.65. The molecule has 0 saturated carbocycles. The van der Waals surface area contributed by atoms with Gasteiger partial charge in [0.2, 0.25) is 0 Å². The average Bonchev–Trinajstić information content (AvgIpc) is 2.48. The molecule has 0 heterocycles. The number of aliphatic imine (C=N–C) groups is 1. The third-order valence-electron chi connectivity index (χ3n) is 2.93. The first kappa shape index (κ1) is 13.9. The first-order valence-electron chi connectivity index (χ1n) is 6.59. The molecule has 0 aliphatic heterocycles. The van der Waals surface area contributed by atoms with Crippen molar-refractivity contribution in [2.24, 2.45) is 10.7 Å². The average molecular weight is 269 g/mol. The lowest BCUT2D eigenvalue weighted by Crippen LogP contribution is -2.33. The molecule has 0 amide bonds. The van der Waals surface area contributed by atoms with Gasteiger partial charge in [0, 0.05) is 6.54 Å². The maximum Gasteiger partial charge on any atom is 0.188 e. The van der Waals surface area contributed by atoms with Crippen LogP contribution >= 0.6 is 0 Å². The summed E-state index contributed by atoms with van der Waals surface area (Å²) in [6.45, 7) is 1.30. The van der Waals surface area contributed by atoms with E-state index < -0.39 is 0 Å². The van der Waals surface area contributed by atoms with Gasteiger partial charge in [0.1, 0.15) is 5.75 Å². The van der Waals surface area contributed by atoms with Crippen LogP contribution in [0.1, 0.15) is 11.1 Å². The Kier molecular flexibility index (Phi) is 5.00. The fourth-order valence-corrected chi connectivity index (χ4v) is 1.81. The quantitative estimate of drug-likeness (QED) is 0.574. The molecule has 104 valence electrons. The van der Waals surface area contributed by atoms with E-state index in [4.69, 9.17) is 5.73 Å². The van der Waals surface area contributed by atoms with Crippen molar-refractivity contribution in [2.75, 3.05) is 6.54 Å². The molecule has 0 bridgehead atoms. The summed E-state index contributed by atoms with van der Waals surface area (Å²) < 4.78 is 0. The van der Waals surface area contributed by atoms with Crippen LogP contribution in [0.3, 0.4) is 0 Å². The van der Waals surface area contributed by atoms with Gasteiger partial charge in [-0.3, -0.25) is 0 Å². The smallest absolute Gasteiger partial charge is 0.188 e. The Morgan fingerprint density at radius 3 is 2.40 bits per heavy atom. The van der Waals surface area contributed by atoms with Crippen LogP contribution in [-0.2, 0) is 13.0 Å². The molecule has 0 saturated heterocycles. The normalized spacial score (nSPS) is 11.3. The van der Waals surface area contributed by atoms with Crippen molar-refractivity contribution < 1.29 is 5.11 Å². The molecule has 0 aliphatic carbocycles. The zero-order valence-electron chi connectivity index (χ0n) is 11.3. The molecule has 4 nitrogen and oxygen atoms in total. The van der Waals surface area contributed by atoms with E-state index in [-0.39, 0.29) is 5.75 Å². The summed E-state index contributed by atoms with van der Waals surface area (Å²) in [5.41, 5.74) is 8.09. The zero-order valence-corrected chi connectivity index (χ0v) is 11.3. The number of guanidine groups is 1. The van der Waals surface area contributed by atoms with E-state index in [0.29, 0.717) is 12.5 Å². The van der Waals surface area contributed by atoms with Crippen LogP contribution in [-0.4, -0.2) is 17.6 Å². The highest BCUT2D eigenvalue weighted by atomic mass is 16.3. The number of phenols is 1. The van der Waals surface area contributed by atoms with E-state index in [1.165, 1.54) is 0 Å². The molecule has 0 radical (unpaired) electrons. The SMILES string of the molecule is NC(=NCc1ccccc1)NCCc1ccc(O)cc1. The van der Waals surface area contributed by atoms with Gasteiger partial charge in [-0.1, -0.05) is 42.5 Å². The standard InChI is InChI=1S/C16H19N3O/c17-16(19-12-14-4-2-1-3-5-14)18-11-10-13-6-8-15(20)9-7-13/h1-9,20H,10-12H2,(H3,17,18,19). The Balaban J connectivity index is 1.74. The summed E-state index contributed by atoms with van der Waals surface area (Å²) in [7, 11) is 0. The minimum Gasteiger partial charge on any atom is -0.508 e. The monoisotopic (exact) mass is 269 g/mol. The molecular formula is C16H19N3O. The number of rotatable bonds is 5. The third-order valence-corrected chi connectivity index (χ3v) is 2.93. The van der Waals surface area contributed by atoms with Crippen molar-refractivity contribution in [1.29, 1.82) is 0 Å². The summed E-state index contributed by atoms with van der Waals surface area (Å²) in [4.78, 5) is 4.28. The van der Waals surface area contributed by atoms with Crippen molar-refractivity contribution in [3.8, 4) is 5.75 Å². The Hall–Kier alpha value is -2.49. The second kappa shape index (κ2) is 7.19. The van der Waals surface area contributed by atoms with Crippen LogP contribution in [0.4, 0.5) is 0 Å². The largest absolute Gasteiger partial charge is 0.508 e. The minimum absolute atomic E-state index is 0.283. The Bertz CT molecular complexity index is 550. The van der Waals surface area contributed by atoms with E-state index in [2.05, 4.69) is 10.3 Å². The van der Waals surface area contributed by atoms with Crippen LogP contribution in [0.15, 0.2) is 59.6 Å². The van der Waals surface area contributed by atoms with E-state index in [9.17, 15) is 5.11 Å². The number of nitrogens with one attached hydrogen (secondary N) is 1. The molecule has 0 aromatic heterocycles. The lowest BCUT2D eigenvalue weighted by molar-refractivity contribution is 0.475. The summed E-state index contributed by atoms with van der Waals surface area (Å²) in [6.07, 6.45) is 0.835. The highest BCUT2D eigenvalue weighted by Gasteiger charge is 1.95. The van der Waals surface area contributed by atoms with Gasteiger partial charge in [-0.15, -0.1) is 0 Å². The van der Waals surface area contributed by atoms with Gasteiger partial charge in [-0.25, -0.2) is 4.99 Å². The number of aromatic hydroxyl groups is 1. The van der Waals surface area contributed by atoms with Crippen molar-refractivity contribution in [3.05, 3.63) is 65.7 Å². The molecule has 0 atom stereocenters. The molecular weight excluding hydrogens is 250 g/mol. The first-order valence-corrected chi connectivity index (χ1v) is 6.59. The second-order valence-electron chi connectivity index (χ2n) is 4.53. The van der Waals surface area contributed by atoms with Gasteiger partial charge >= 0.3 is 0 Å². The van der Waals surface area contributed by atoms with Crippen LogP contribution in [0, 0.1) is 0 Å². The van der Waals surface area contributed by atoms with Gasteiger partial charge in [-0.2, -0.15) is 0 Å². The molecule has 0 spiro atoms. The van der Waals surface area contributed by atoms with Crippen LogP contribution < -0.4 is 11.1 Å². The molecule has 4 heteroatoms. The van der Waals surface area contributed by atoms with Crippen LogP contribution in [0.25, 0.3) is 0 Å². The first-order chi connectivity index (χ1) is 9.74. The van der Waals surface area contributed by atoms with Crippen LogP contribution in [0.2, 0.25) is 0 Å². The Morgan fingerprint density at radius 2 is 1.70 bits per heavy atom. The van der Waals surface area contributed by atoms with Gasteiger partial charge in [0.15, 0.2) is 5.96 Å². The van der Waals surface area contributed by atoms with Gasteiger partial charge < -0.3 is 16.2 Å². The summed E-state index contributed by atoms with van der Waals surface area (Å²) in [6, 6.07) is 17.2. The number of nitrogens with two attached hydrogens (primary N) is 1. The van der Waals surface area contributed by atoms with Crippen molar-refractivity contribution in [1.82, 2.24) is 5.32 Å². The molecule has 4 N–H and O–H groups in total. The van der Waals surface area contributed by atoms with Crippen molar-refractivity contribution >= 4 is 5.96 Å². The fourth-order valence-electron chi connectivity index (χ4n) is 1.81. The number of phenolic OH excluding ortho intramolecular Hbond substituents is 1. The van der Waals surface area contributed by atoms with E-state index in [1.54, 1.807) is 12.1 Å². The summed E-state index contributed by atoms with van der Waals surface area (Å²) in [5, 5.41) is 12.3. The zero-order chi connectivity index (χ0) is 14.2. The lowest BCUT2D eigenvalue weighted by atomic mass is 10.1. The molecule has 2 aromatic rings. The topological polar surface area (TPSA) is 70.6 Å². The molecule has 0 aliphatic rings. The van der Waals surface area contributed by atoms with E-state index in [1.807, 2.05) is 42.5 Å². The molecule has 0 unspecified atom stereocenters. The maximum atomic E-state index is 9.19. The van der Waals surface area contributed by atoms with E-state index >= 15 is 0 Å². The predicted molar refractivity (Wildman–Crippen MR) is 81.6 cm³/mol. The number of hydrogen-bond acceptors (Lipinski definition) is 2. The Morgan fingerprint density at radius 1 is 1.00 bits per heavy atom. The van der Waals surface area contributed by atoms with Crippen molar-refractivity contribution in [3.63, 3.8) is 0 Å². The molecule has 2 aromatic carbocycles. The number of benzene rings is 2. The second-order valence-corrected chi connectivity index (χ2v) is 4.53. The lowest BCUT2D eigenvalue weighted by Gasteiger charge is -2.06. The highest BCUT2D eigenvalue weighted by Crippen LogP contribution is 2.09. The van der Waals surface area contributed by atoms with Crippen molar-refractivity contribution in [2.45, 2.75) is 13.0 Å². The number of nitrogens with zero attached hydrogens (tertiary/aromatic N) is 1. The fraction of sp³-hybridized carbons (Fsp3) is 0.188. The molecule has 0 fully saturated rings. The number of hydrogen-bond donors (Lipinski definition) is 3.